The summed E-state index contributed by atoms with van der Waals surface area (Å²) in [5, 5.41) is 5.12. The molecule has 1 aromatic carbocycles. The lowest BCUT2D eigenvalue weighted by Gasteiger charge is -2.04. The maximum atomic E-state index is 12.0. The van der Waals surface area contributed by atoms with Gasteiger partial charge < -0.3 is 10.5 Å². The molecule has 0 spiro atoms. The van der Waals surface area contributed by atoms with Crippen LogP contribution in [-0.4, -0.2) is 18.0 Å². The quantitative estimate of drug-likeness (QED) is 0.899. The van der Waals surface area contributed by atoms with Gasteiger partial charge in [0, 0.05) is 17.0 Å². The van der Waals surface area contributed by atoms with Gasteiger partial charge in [0.15, 0.2) is 5.13 Å². The first-order valence-electron chi connectivity index (χ1n) is 5.76. The molecule has 0 aliphatic rings. The van der Waals surface area contributed by atoms with Gasteiger partial charge in [-0.05, 0) is 25.1 Å². The maximum Gasteiger partial charge on any atom is 0.257 e. The molecule has 1 unspecified atom stereocenters. The van der Waals surface area contributed by atoms with Gasteiger partial charge in [0.2, 0.25) is 0 Å². The summed E-state index contributed by atoms with van der Waals surface area (Å²) >= 11 is 1.36. The molecule has 5 nitrogen and oxygen atoms in total. The number of thiazole rings is 1. The van der Waals surface area contributed by atoms with E-state index in [1.54, 1.807) is 31.4 Å². The molecule has 0 radical (unpaired) electrons. The predicted molar refractivity (Wildman–Crippen MR) is 75.7 cm³/mol. The zero-order chi connectivity index (χ0) is 13.8. The highest BCUT2D eigenvalue weighted by Gasteiger charge is 2.11. The number of hydrogen-bond acceptors (Lipinski definition) is 5. The third kappa shape index (κ3) is 3.30. The van der Waals surface area contributed by atoms with Crippen molar-refractivity contribution in [3.8, 4) is 5.75 Å². The van der Waals surface area contributed by atoms with Crippen molar-refractivity contribution in [3.63, 3.8) is 0 Å². The lowest BCUT2D eigenvalue weighted by Crippen LogP contribution is -2.12. The number of nitrogens with two attached hydrogens (primary N) is 1. The molecule has 1 aromatic heterocycles. The fourth-order valence-corrected chi connectivity index (χ4v) is 2.30. The molecule has 0 aliphatic heterocycles. The molecule has 100 valence electrons. The Morgan fingerprint density at radius 1 is 1.53 bits per heavy atom. The first-order chi connectivity index (χ1) is 9.10. The number of benzene rings is 1. The minimum absolute atomic E-state index is 0.140. The number of hydrogen-bond donors (Lipinski definition) is 2. The number of anilines is 1. The van der Waals surface area contributed by atoms with Gasteiger partial charge in [0.05, 0.1) is 12.8 Å². The van der Waals surface area contributed by atoms with E-state index in [9.17, 15) is 4.79 Å². The van der Waals surface area contributed by atoms with Gasteiger partial charge in [0.25, 0.3) is 5.91 Å². The Morgan fingerprint density at radius 3 is 2.95 bits per heavy atom. The number of nitrogens with one attached hydrogen (secondary N) is 1. The second-order valence-electron chi connectivity index (χ2n) is 4.05. The van der Waals surface area contributed by atoms with Crippen LogP contribution in [0.25, 0.3) is 0 Å². The van der Waals surface area contributed by atoms with Gasteiger partial charge in [-0.3, -0.25) is 10.1 Å². The number of ether oxygens (including phenoxy) is 1. The highest BCUT2D eigenvalue weighted by molar-refractivity contribution is 7.14. The number of aromatic nitrogens is 1. The van der Waals surface area contributed by atoms with Crippen LogP contribution in [0.3, 0.4) is 0 Å². The van der Waals surface area contributed by atoms with Crippen molar-refractivity contribution >= 4 is 22.4 Å². The lowest BCUT2D eigenvalue weighted by atomic mass is 10.2. The van der Waals surface area contributed by atoms with Crippen LogP contribution in [0.2, 0.25) is 0 Å². The molecule has 3 N–H and O–H groups in total. The van der Waals surface area contributed by atoms with Gasteiger partial charge in [0.1, 0.15) is 5.75 Å². The van der Waals surface area contributed by atoms with Crippen molar-refractivity contribution in [3.05, 3.63) is 40.9 Å². The van der Waals surface area contributed by atoms with Crippen molar-refractivity contribution in [2.75, 3.05) is 12.4 Å². The largest absolute Gasteiger partial charge is 0.497 e. The van der Waals surface area contributed by atoms with Crippen LogP contribution in [0, 0.1) is 0 Å². The lowest BCUT2D eigenvalue weighted by molar-refractivity contribution is 0.102. The normalized spacial score (nSPS) is 11.9. The van der Waals surface area contributed by atoms with E-state index in [1.165, 1.54) is 11.3 Å². The molecule has 0 saturated heterocycles. The second-order valence-corrected chi connectivity index (χ2v) is 4.91. The SMILES string of the molecule is COc1cccc(C(=O)Nc2nc(C(C)N)cs2)c1. The Balaban J connectivity index is 2.11. The highest BCUT2D eigenvalue weighted by atomic mass is 32.1. The van der Waals surface area contributed by atoms with Crippen molar-refractivity contribution in [1.29, 1.82) is 0 Å². The van der Waals surface area contributed by atoms with E-state index in [0.29, 0.717) is 16.4 Å². The zero-order valence-corrected chi connectivity index (χ0v) is 11.5. The molecule has 0 bridgehead atoms. The third-order valence-corrected chi connectivity index (χ3v) is 3.32. The fraction of sp³-hybridized carbons (Fsp3) is 0.231. The summed E-state index contributed by atoms with van der Waals surface area (Å²) in [7, 11) is 1.56. The Bertz CT molecular complexity index is 581. The van der Waals surface area contributed by atoms with E-state index in [-0.39, 0.29) is 11.9 Å². The van der Waals surface area contributed by atoms with Crippen LogP contribution in [0.15, 0.2) is 29.6 Å². The third-order valence-electron chi connectivity index (χ3n) is 2.54. The monoisotopic (exact) mass is 277 g/mol. The Labute approximate surface area is 115 Å². The molecule has 0 saturated carbocycles. The minimum atomic E-state index is -0.218. The van der Waals surface area contributed by atoms with Gasteiger partial charge in [-0.15, -0.1) is 11.3 Å². The van der Waals surface area contributed by atoms with Crippen LogP contribution >= 0.6 is 11.3 Å². The average molecular weight is 277 g/mol. The van der Waals surface area contributed by atoms with E-state index in [4.69, 9.17) is 10.5 Å². The minimum Gasteiger partial charge on any atom is -0.497 e. The molecule has 1 atom stereocenters. The van der Waals surface area contributed by atoms with Crippen LogP contribution in [-0.2, 0) is 0 Å². The molecule has 0 fully saturated rings. The van der Waals surface area contributed by atoms with Crippen LogP contribution in [0.4, 0.5) is 5.13 Å². The van der Waals surface area contributed by atoms with Crippen LogP contribution in [0.1, 0.15) is 29.0 Å². The Kier molecular flexibility index (Phi) is 4.13. The van der Waals surface area contributed by atoms with Crippen LogP contribution < -0.4 is 15.8 Å². The van der Waals surface area contributed by atoms with E-state index in [0.717, 1.165) is 5.69 Å². The zero-order valence-electron chi connectivity index (χ0n) is 10.7. The molecular formula is C13H15N3O2S. The van der Waals surface area contributed by atoms with E-state index < -0.39 is 0 Å². The molecule has 2 aromatic rings. The smallest absolute Gasteiger partial charge is 0.257 e. The number of nitrogens with zero attached hydrogens (tertiary/aromatic N) is 1. The van der Waals surface area contributed by atoms with Crippen LogP contribution in [0.5, 0.6) is 5.75 Å². The fourth-order valence-electron chi connectivity index (χ4n) is 1.49. The molecular weight excluding hydrogens is 262 g/mol. The van der Waals surface area contributed by atoms with E-state index in [2.05, 4.69) is 10.3 Å². The average Bonchev–Trinajstić information content (AvgIpc) is 2.87. The molecule has 2 rings (SSSR count). The number of carbonyl (C=O) groups excluding carboxylic acids is 1. The highest BCUT2D eigenvalue weighted by Crippen LogP contribution is 2.20. The predicted octanol–water partition coefficient (Wildman–Crippen LogP) is 2.42. The number of methoxy groups -OCH3 is 1. The summed E-state index contributed by atoms with van der Waals surface area (Å²) in [5.74, 6) is 0.424. The summed E-state index contributed by atoms with van der Waals surface area (Å²) < 4.78 is 5.08. The molecule has 6 heteroatoms. The second kappa shape index (κ2) is 5.81. The van der Waals surface area contributed by atoms with E-state index >= 15 is 0 Å². The number of rotatable bonds is 4. The van der Waals surface area contributed by atoms with Crippen molar-refractivity contribution in [2.45, 2.75) is 13.0 Å². The molecule has 1 heterocycles. The Morgan fingerprint density at radius 2 is 2.32 bits per heavy atom. The topological polar surface area (TPSA) is 77.2 Å². The maximum absolute atomic E-state index is 12.0. The standard InChI is InChI=1S/C13H15N3O2S/c1-8(14)11-7-19-13(15-11)16-12(17)9-4-3-5-10(6-9)18-2/h3-8H,14H2,1-2H3,(H,15,16,17). The van der Waals surface area contributed by atoms with Gasteiger partial charge in [-0.2, -0.15) is 0 Å². The van der Waals surface area contributed by atoms with Gasteiger partial charge in [-0.1, -0.05) is 6.07 Å². The van der Waals surface area contributed by atoms with E-state index in [1.807, 2.05) is 12.3 Å². The Hall–Kier alpha value is -1.92. The summed E-state index contributed by atoms with van der Waals surface area (Å²) in [6.07, 6.45) is 0. The van der Waals surface area contributed by atoms with Gasteiger partial charge >= 0.3 is 0 Å². The summed E-state index contributed by atoms with van der Waals surface area (Å²) in [5.41, 5.74) is 7.02. The van der Waals surface area contributed by atoms with Crippen molar-refractivity contribution in [2.24, 2.45) is 5.73 Å². The van der Waals surface area contributed by atoms with Gasteiger partial charge in [-0.25, -0.2) is 4.98 Å². The molecule has 19 heavy (non-hydrogen) atoms. The molecule has 1 amide bonds. The summed E-state index contributed by atoms with van der Waals surface area (Å²) in [6.45, 7) is 1.85. The first-order valence-corrected chi connectivity index (χ1v) is 6.64. The summed E-state index contributed by atoms with van der Waals surface area (Å²) in [4.78, 5) is 16.3. The van der Waals surface area contributed by atoms with Crippen molar-refractivity contribution < 1.29 is 9.53 Å². The first kappa shape index (κ1) is 13.5. The van der Waals surface area contributed by atoms with Crippen molar-refractivity contribution in [1.82, 2.24) is 4.98 Å². The summed E-state index contributed by atoms with van der Waals surface area (Å²) in [6, 6.07) is 6.81. The number of carbonyl (C=O) groups is 1. The number of amides is 1. The molecule has 0 aliphatic carbocycles.